The number of carbonyl (C=O) groups excluding carboxylic acids is 1. The summed E-state index contributed by atoms with van der Waals surface area (Å²) in [6.07, 6.45) is 1.26. The first-order valence-electron chi connectivity index (χ1n) is 3.79. The Labute approximate surface area is 91.9 Å². The summed E-state index contributed by atoms with van der Waals surface area (Å²) < 4.78 is 30.0. The molecule has 0 unspecified atom stereocenters. The molecule has 0 aliphatic rings. The average Bonchev–Trinajstić information content (AvgIpc) is 2.60. The van der Waals surface area contributed by atoms with Gasteiger partial charge in [0, 0.05) is 13.2 Å². The normalized spacial score (nSPS) is 11.4. The summed E-state index contributed by atoms with van der Waals surface area (Å²) in [4.78, 5) is 11.1. The first kappa shape index (κ1) is 12.0. The molecular formula is C7H9ClN2O4S. The number of nitrogens with one attached hydrogen (secondary N) is 1. The fraction of sp³-hybridized carbons (Fsp3) is 0.286. The molecule has 0 bridgehead atoms. The molecule has 0 atom stereocenters. The summed E-state index contributed by atoms with van der Waals surface area (Å²) in [6, 6.07) is 1.18. The molecule has 1 aromatic rings. The summed E-state index contributed by atoms with van der Waals surface area (Å²) in [5.41, 5.74) is 0.128. The van der Waals surface area contributed by atoms with Crippen LogP contribution in [0.1, 0.15) is 10.5 Å². The largest absolute Gasteiger partial charge is 0.464 e. The lowest BCUT2D eigenvalue weighted by Crippen LogP contribution is -2.12. The maximum Gasteiger partial charge on any atom is 0.354 e. The third kappa shape index (κ3) is 2.31. The second-order valence-electron chi connectivity index (χ2n) is 2.74. The van der Waals surface area contributed by atoms with Gasteiger partial charge in [-0.15, -0.1) is 4.24 Å². The van der Waals surface area contributed by atoms with E-state index in [0.717, 1.165) is 0 Å². The van der Waals surface area contributed by atoms with E-state index in [2.05, 4.69) is 4.74 Å². The van der Waals surface area contributed by atoms with Crippen LogP contribution in [-0.4, -0.2) is 26.1 Å². The Morgan fingerprint density at radius 1 is 1.60 bits per heavy atom. The van der Waals surface area contributed by atoms with E-state index in [0.29, 0.717) is 0 Å². The van der Waals surface area contributed by atoms with Crippen LogP contribution in [0.25, 0.3) is 0 Å². The molecule has 0 fully saturated rings. The van der Waals surface area contributed by atoms with Gasteiger partial charge in [-0.05, 0) is 17.8 Å². The molecule has 1 heterocycles. The fourth-order valence-corrected chi connectivity index (χ4v) is 1.95. The van der Waals surface area contributed by atoms with E-state index in [-0.39, 0.29) is 10.6 Å². The number of halogens is 1. The molecule has 1 aromatic heterocycles. The Balaban J connectivity index is 3.23. The van der Waals surface area contributed by atoms with Gasteiger partial charge >= 0.3 is 5.97 Å². The quantitative estimate of drug-likeness (QED) is 0.618. The van der Waals surface area contributed by atoms with Gasteiger partial charge in [-0.1, -0.05) is 0 Å². The van der Waals surface area contributed by atoms with Crippen molar-refractivity contribution in [2.24, 2.45) is 7.05 Å². The minimum absolute atomic E-state index is 0.0969. The summed E-state index contributed by atoms with van der Waals surface area (Å²) in [5.74, 6) is -0.617. The van der Waals surface area contributed by atoms with Crippen molar-refractivity contribution in [3.05, 3.63) is 18.0 Å². The standard InChI is InChI=1S/C7H9ClN2O4S/c1-10-4-5(15(12,13)9-8)3-6(10)7(11)14-2/h3-4,9H,1-2H3. The molecule has 0 saturated carbocycles. The lowest BCUT2D eigenvalue weighted by molar-refractivity contribution is 0.0590. The van der Waals surface area contributed by atoms with Crippen LogP contribution < -0.4 is 4.24 Å². The van der Waals surface area contributed by atoms with Crippen LogP contribution in [0.15, 0.2) is 17.2 Å². The van der Waals surface area contributed by atoms with Crippen molar-refractivity contribution in [3.8, 4) is 0 Å². The first-order chi connectivity index (χ1) is 6.92. The van der Waals surface area contributed by atoms with Crippen LogP contribution in [0.4, 0.5) is 0 Å². The maximum absolute atomic E-state index is 11.3. The Bertz CT molecular complexity index is 479. The number of methoxy groups -OCH3 is 1. The third-order valence-electron chi connectivity index (χ3n) is 1.79. The predicted octanol–water partition coefficient (Wildman–Crippen LogP) is 0.244. The SMILES string of the molecule is COC(=O)c1cc(S(=O)(=O)NCl)cn1C. The van der Waals surface area contributed by atoms with Gasteiger partial charge in [-0.3, -0.25) is 0 Å². The molecule has 0 saturated heterocycles. The molecule has 0 aliphatic carbocycles. The van der Waals surface area contributed by atoms with Gasteiger partial charge in [0.15, 0.2) is 0 Å². The van der Waals surface area contributed by atoms with E-state index in [1.54, 1.807) is 4.24 Å². The molecule has 6 nitrogen and oxygen atoms in total. The van der Waals surface area contributed by atoms with Crippen LogP contribution in [0.5, 0.6) is 0 Å². The molecule has 15 heavy (non-hydrogen) atoms. The molecule has 1 N–H and O–H groups in total. The van der Waals surface area contributed by atoms with Crippen molar-refractivity contribution in [3.63, 3.8) is 0 Å². The number of esters is 1. The summed E-state index contributed by atoms with van der Waals surface area (Å²) in [6.45, 7) is 0. The van der Waals surface area contributed by atoms with E-state index in [9.17, 15) is 13.2 Å². The third-order valence-corrected chi connectivity index (χ3v) is 3.44. The lowest BCUT2D eigenvalue weighted by Gasteiger charge is -1.98. The summed E-state index contributed by atoms with van der Waals surface area (Å²) in [5, 5.41) is 0. The highest BCUT2D eigenvalue weighted by molar-refractivity contribution is 7.90. The van der Waals surface area contributed by atoms with Gasteiger partial charge in [-0.2, -0.15) is 0 Å². The van der Waals surface area contributed by atoms with E-state index in [1.165, 1.54) is 31.0 Å². The zero-order chi connectivity index (χ0) is 11.6. The highest BCUT2D eigenvalue weighted by atomic mass is 35.5. The van der Waals surface area contributed by atoms with Crippen LogP contribution in [0.2, 0.25) is 0 Å². The Kier molecular flexibility index (Phi) is 3.38. The average molecular weight is 253 g/mol. The van der Waals surface area contributed by atoms with Crippen LogP contribution in [0, 0.1) is 0 Å². The molecule has 8 heteroatoms. The predicted molar refractivity (Wildman–Crippen MR) is 52.9 cm³/mol. The number of hydrogen-bond donors (Lipinski definition) is 1. The Morgan fingerprint density at radius 3 is 2.67 bits per heavy atom. The van der Waals surface area contributed by atoms with Gasteiger partial charge in [0.2, 0.25) is 0 Å². The summed E-state index contributed by atoms with van der Waals surface area (Å²) >= 11 is 5.04. The number of aromatic nitrogens is 1. The minimum Gasteiger partial charge on any atom is -0.464 e. The van der Waals surface area contributed by atoms with E-state index in [4.69, 9.17) is 11.8 Å². The smallest absolute Gasteiger partial charge is 0.354 e. The topological polar surface area (TPSA) is 77.4 Å². The maximum atomic E-state index is 11.3. The lowest BCUT2D eigenvalue weighted by atomic mass is 10.4. The Morgan fingerprint density at radius 2 is 2.20 bits per heavy atom. The molecule has 84 valence electrons. The first-order valence-corrected chi connectivity index (χ1v) is 5.65. The second kappa shape index (κ2) is 4.21. The highest BCUT2D eigenvalue weighted by Crippen LogP contribution is 2.14. The van der Waals surface area contributed by atoms with E-state index >= 15 is 0 Å². The van der Waals surface area contributed by atoms with E-state index < -0.39 is 16.0 Å². The zero-order valence-electron chi connectivity index (χ0n) is 8.02. The number of rotatable bonds is 3. The fourth-order valence-electron chi connectivity index (χ4n) is 1.03. The minimum atomic E-state index is -3.75. The zero-order valence-corrected chi connectivity index (χ0v) is 9.59. The van der Waals surface area contributed by atoms with Crippen molar-refractivity contribution < 1.29 is 17.9 Å². The van der Waals surface area contributed by atoms with Crippen molar-refractivity contribution >= 4 is 27.8 Å². The van der Waals surface area contributed by atoms with Crippen molar-refractivity contribution in [1.82, 2.24) is 8.81 Å². The number of carbonyl (C=O) groups is 1. The van der Waals surface area contributed by atoms with Gasteiger partial charge in [-0.25, -0.2) is 13.2 Å². The number of sulfonamides is 1. The van der Waals surface area contributed by atoms with Crippen LogP contribution >= 0.6 is 11.8 Å². The monoisotopic (exact) mass is 252 g/mol. The molecule has 0 amide bonds. The molecule has 0 aliphatic heterocycles. The molecule has 0 spiro atoms. The Hall–Kier alpha value is -1.05. The van der Waals surface area contributed by atoms with Gasteiger partial charge < -0.3 is 9.30 Å². The van der Waals surface area contributed by atoms with Crippen molar-refractivity contribution in [2.75, 3.05) is 7.11 Å². The highest BCUT2D eigenvalue weighted by Gasteiger charge is 2.19. The van der Waals surface area contributed by atoms with Crippen LogP contribution in [-0.2, 0) is 21.8 Å². The van der Waals surface area contributed by atoms with E-state index in [1.807, 2.05) is 0 Å². The molecule has 0 aromatic carbocycles. The number of nitrogens with zero attached hydrogens (tertiary/aromatic N) is 1. The van der Waals surface area contributed by atoms with Gasteiger partial charge in [0.05, 0.1) is 7.11 Å². The van der Waals surface area contributed by atoms with Gasteiger partial charge in [0.25, 0.3) is 10.0 Å². The van der Waals surface area contributed by atoms with Crippen molar-refractivity contribution in [1.29, 1.82) is 0 Å². The molecular weight excluding hydrogens is 244 g/mol. The molecule has 0 radical (unpaired) electrons. The number of hydrogen-bond acceptors (Lipinski definition) is 4. The van der Waals surface area contributed by atoms with Crippen molar-refractivity contribution in [2.45, 2.75) is 4.90 Å². The van der Waals surface area contributed by atoms with Crippen LogP contribution in [0.3, 0.4) is 0 Å². The molecule has 1 rings (SSSR count). The number of aryl methyl sites for hydroxylation is 1. The summed E-state index contributed by atoms with van der Waals surface area (Å²) in [7, 11) is -1.02. The second-order valence-corrected chi connectivity index (χ2v) is 4.84. The number of ether oxygens (including phenoxy) is 1. The van der Waals surface area contributed by atoms with Gasteiger partial charge in [0.1, 0.15) is 10.6 Å².